The van der Waals surface area contributed by atoms with E-state index in [1.54, 1.807) is 7.11 Å². The van der Waals surface area contributed by atoms with Crippen molar-refractivity contribution in [3.63, 3.8) is 0 Å². The van der Waals surface area contributed by atoms with E-state index in [1.165, 1.54) is 0 Å². The molecule has 2 fully saturated rings. The lowest BCUT2D eigenvalue weighted by molar-refractivity contribution is 0.00578. The molecule has 2 aliphatic rings. The number of rotatable bonds is 5. The monoisotopic (exact) mass is 408 g/mol. The molecular weight excluding hydrogens is 379 g/mol. The van der Waals surface area contributed by atoms with Crippen molar-refractivity contribution in [1.29, 1.82) is 0 Å². The van der Waals surface area contributed by atoms with Crippen molar-refractivity contribution in [3.05, 3.63) is 54.1 Å². The molecule has 0 radical (unpaired) electrons. The van der Waals surface area contributed by atoms with Gasteiger partial charge >= 0.3 is 13.1 Å². The average Bonchev–Trinajstić information content (AvgIpc) is 3.17. The first-order chi connectivity index (χ1) is 14.2. The second kappa shape index (κ2) is 7.63. The molecule has 0 unspecified atom stereocenters. The summed E-state index contributed by atoms with van der Waals surface area (Å²) in [6.07, 6.45) is 0. The molecule has 4 rings (SSSR count). The third-order valence-electron chi connectivity index (χ3n) is 6.33. The van der Waals surface area contributed by atoms with Crippen molar-refractivity contribution in [3.8, 4) is 5.75 Å². The van der Waals surface area contributed by atoms with Crippen molar-refractivity contribution < 1.29 is 18.8 Å². The predicted octanol–water partition coefficient (Wildman–Crippen LogP) is 3.44. The summed E-state index contributed by atoms with van der Waals surface area (Å²) >= 11 is 0. The Bertz CT molecular complexity index is 913. The molecule has 0 bridgehead atoms. The minimum Gasteiger partial charge on any atom is -0.497 e. The van der Waals surface area contributed by atoms with Crippen LogP contribution in [0.1, 0.15) is 33.3 Å². The van der Waals surface area contributed by atoms with Crippen LogP contribution in [0.2, 0.25) is 0 Å². The number of amides is 2. The summed E-state index contributed by atoms with van der Waals surface area (Å²) in [6.45, 7) is 10.1. The van der Waals surface area contributed by atoms with Gasteiger partial charge in [0.1, 0.15) is 5.75 Å². The Hall–Kier alpha value is -2.51. The fraction of sp³-hybridized carbons (Fsp3) is 0.435. The van der Waals surface area contributed by atoms with E-state index >= 15 is 0 Å². The van der Waals surface area contributed by atoms with Crippen LogP contribution in [0.5, 0.6) is 5.75 Å². The lowest BCUT2D eigenvalue weighted by atomic mass is 9.79. The van der Waals surface area contributed by atoms with Crippen molar-refractivity contribution in [1.82, 2.24) is 4.90 Å². The fourth-order valence-corrected chi connectivity index (χ4v) is 3.75. The summed E-state index contributed by atoms with van der Waals surface area (Å²) in [7, 11) is 1.25. The van der Waals surface area contributed by atoms with Crippen LogP contribution < -0.4 is 15.1 Å². The predicted molar refractivity (Wildman–Crippen MR) is 118 cm³/mol. The molecule has 30 heavy (non-hydrogen) atoms. The van der Waals surface area contributed by atoms with Gasteiger partial charge in [-0.3, -0.25) is 4.90 Å². The zero-order valence-electron chi connectivity index (χ0n) is 18.3. The standard InChI is InChI=1S/C23H29BN2O4/c1-22(2)23(3,4)30-24(29-22)18-9-11-19(12-10-18)26-14-13-25(21(26)27)16-17-7-6-8-20(15-17)28-5/h6-12,15H,13-14,16H2,1-5H3. The van der Waals surface area contributed by atoms with E-state index in [-0.39, 0.29) is 17.2 Å². The number of hydrogen-bond donors (Lipinski definition) is 0. The first-order valence-electron chi connectivity index (χ1n) is 10.4. The summed E-state index contributed by atoms with van der Waals surface area (Å²) in [5.41, 5.74) is 2.15. The van der Waals surface area contributed by atoms with Gasteiger partial charge in [0.15, 0.2) is 0 Å². The summed E-state index contributed by atoms with van der Waals surface area (Å²) < 4.78 is 17.5. The third kappa shape index (κ3) is 3.79. The van der Waals surface area contributed by atoms with Gasteiger partial charge in [-0.15, -0.1) is 0 Å². The van der Waals surface area contributed by atoms with Crippen molar-refractivity contribution in [2.45, 2.75) is 45.4 Å². The lowest BCUT2D eigenvalue weighted by Gasteiger charge is -2.32. The Balaban J connectivity index is 1.43. The van der Waals surface area contributed by atoms with Gasteiger partial charge in [0, 0.05) is 25.3 Å². The molecule has 2 aromatic carbocycles. The maximum atomic E-state index is 12.9. The Labute approximate surface area is 178 Å². The molecule has 0 saturated carbocycles. The molecule has 2 saturated heterocycles. The van der Waals surface area contributed by atoms with E-state index in [4.69, 9.17) is 14.0 Å². The zero-order valence-corrected chi connectivity index (χ0v) is 18.3. The van der Waals surface area contributed by atoms with Crippen molar-refractivity contribution in [2.75, 3.05) is 25.1 Å². The first kappa shape index (κ1) is 20.8. The second-order valence-electron chi connectivity index (χ2n) is 8.89. The van der Waals surface area contributed by atoms with E-state index in [1.807, 2.05) is 86.0 Å². The van der Waals surface area contributed by atoms with Crippen molar-refractivity contribution in [2.24, 2.45) is 0 Å². The van der Waals surface area contributed by atoms with Gasteiger partial charge in [-0.05, 0) is 63.0 Å². The Morgan fingerprint density at radius 2 is 1.67 bits per heavy atom. The highest BCUT2D eigenvalue weighted by atomic mass is 16.7. The van der Waals surface area contributed by atoms with Crippen LogP contribution in [0.4, 0.5) is 10.5 Å². The minimum atomic E-state index is -0.400. The molecule has 158 valence electrons. The molecule has 2 aromatic rings. The Morgan fingerprint density at radius 1 is 1.00 bits per heavy atom. The average molecular weight is 408 g/mol. The number of carbonyl (C=O) groups excluding carboxylic acids is 1. The van der Waals surface area contributed by atoms with Gasteiger partial charge < -0.3 is 18.9 Å². The highest BCUT2D eigenvalue weighted by molar-refractivity contribution is 6.62. The van der Waals surface area contributed by atoms with Crippen LogP contribution in [0.15, 0.2) is 48.5 Å². The van der Waals surface area contributed by atoms with E-state index in [9.17, 15) is 4.79 Å². The van der Waals surface area contributed by atoms with Crippen LogP contribution in [0, 0.1) is 0 Å². The van der Waals surface area contributed by atoms with E-state index in [0.717, 1.165) is 22.5 Å². The number of carbonyl (C=O) groups is 1. The number of methoxy groups -OCH3 is 1. The van der Waals surface area contributed by atoms with E-state index in [2.05, 4.69) is 0 Å². The molecule has 6 nitrogen and oxygen atoms in total. The number of nitrogens with zero attached hydrogens (tertiary/aromatic N) is 2. The van der Waals surface area contributed by atoms with E-state index in [0.29, 0.717) is 19.6 Å². The van der Waals surface area contributed by atoms with Crippen LogP contribution in [0.3, 0.4) is 0 Å². The summed E-state index contributed by atoms with van der Waals surface area (Å²) in [5.74, 6) is 0.800. The highest BCUT2D eigenvalue weighted by Crippen LogP contribution is 2.36. The molecule has 0 atom stereocenters. The van der Waals surface area contributed by atoms with Crippen LogP contribution in [0.25, 0.3) is 0 Å². The smallest absolute Gasteiger partial charge is 0.494 e. The van der Waals surface area contributed by atoms with Gasteiger partial charge in [0.25, 0.3) is 0 Å². The van der Waals surface area contributed by atoms with Gasteiger partial charge in [0.05, 0.1) is 18.3 Å². The van der Waals surface area contributed by atoms with Gasteiger partial charge in [0.2, 0.25) is 0 Å². The largest absolute Gasteiger partial charge is 0.497 e. The normalized spacial score (nSPS) is 20.2. The summed E-state index contributed by atoms with van der Waals surface area (Å²) in [5, 5.41) is 0. The SMILES string of the molecule is COc1cccc(CN2CCN(c3ccc(B4OC(C)(C)C(C)(C)O4)cc3)C2=O)c1. The van der Waals surface area contributed by atoms with Crippen molar-refractivity contribution >= 4 is 24.3 Å². The summed E-state index contributed by atoms with van der Waals surface area (Å²) in [4.78, 5) is 16.6. The first-order valence-corrected chi connectivity index (χ1v) is 10.4. The minimum absolute atomic E-state index is 0.0150. The Morgan fingerprint density at radius 3 is 2.30 bits per heavy atom. The molecule has 0 spiro atoms. The molecule has 2 aliphatic heterocycles. The number of ether oxygens (including phenoxy) is 1. The molecule has 0 aliphatic carbocycles. The number of urea groups is 1. The third-order valence-corrected chi connectivity index (χ3v) is 6.33. The van der Waals surface area contributed by atoms with Gasteiger partial charge in [-0.25, -0.2) is 4.79 Å². The number of anilines is 1. The van der Waals surface area contributed by atoms with Crippen LogP contribution in [-0.2, 0) is 15.9 Å². The lowest BCUT2D eigenvalue weighted by Crippen LogP contribution is -2.41. The Kier molecular flexibility index (Phi) is 5.28. The summed E-state index contributed by atoms with van der Waals surface area (Å²) in [6, 6.07) is 15.7. The quantitative estimate of drug-likeness (QED) is 0.712. The van der Waals surface area contributed by atoms with E-state index < -0.39 is 7.12 Å². The zero-order chi connectivity index (χ0) is 21.5. The molecule has 0 aromatic heterocycles. The van der Waals surface area contributed by atoms with Crippen LogP contribution in [-0.4, -0.2) is 49.5 Å². The van der Waals surface area contributed by atoms with Crippen LogP contribution >= 0.6 is 0 Å². The molecule has 7 heteroatoms. The van der Waals surface area contributed by atoms with Gasteiger partial charge in [-0.2, -0.15) is 0 Å². The maximum absolute atomic E-state index is 12.9. The number of hydrogen-bond acceptors (Lipinski definition) is 4. The maximum Gasteiger partial charge on any atom is 0.494 e. The number of benzene rings is 2. The molecule has 2 amide bonds. The second-order valence-corrected chi connectivity index (χ2v) is 8.89. The highest BCUT2D eigenvalue weighted by Gasteiger charge is 2.51. The molecular formula is C23H29BN2O4. The fourth-order valence-electron chi connectivity index (χ4n) is 3.75. The van der Waals surface area contributed by atoms with Gasteiger partial charge in [-0.1, -0.05) is 24.3 Å². The molecule has 0 N–H and O–H groups in total. The molecule has 2 heterocycles. The topological polar surface area (TPSA) is 51.2 Å².